The molecule has 1 aliphatic carbocycles. The minimum absolute atomic E-state index is 0.209. The Bertz CT molecular complexity index is 1370. The molecule has 0 spiro atoms. The molecule has 4 aromatic rings. The van der Waals surface area contributed by atoms with Crippen LogP contribution in [0.4, 0.5) is 11.5 Å². The molecule has 1 fully saturated rings. The fourth-order valence-corrected chi connectivity index (χ4v) is 3.97. The molecular weight excluding hydrogens is 428 g/mol. The van der Waals surface area contributed by atoms with Crippen molar-refractivity contribution in [3.8, 4) is 17.2 Å². The molecule has 0 bridgehead atoms. The Morgan fingerprint density at radius 2 is 1.97 bits per heavy atom. The zero-order valence-corrected chi connectivity index (χ0v) is 19.8. The summed E-state index contributed by atoms with van der Waals surface area (Å²) < 4.78 is 3.91. The van der Waals surface area contributed by atoms with Crippen LogP contribution in [0, 0.1) is 6.92 Å². The summed E-state index contributed by atoms with van der Waals surface area (Å²) in [4.78, 5) is 22.3. The van der Waals surface area contributed by atoms with E-state index in [1.807, 2.05) is 40.5 Å². The van der Waals surface area contributed by atoms with Crippen molar-refractivity contribution in [2.45, 2.75) is 52.0 Å². The summed E-state index contributed by atoms with van der Waals surface area (Å²) in [5.74, 6) is 1.27. The number of pyridine rings is 1. The number of anilines is 2. The molecule has 9 nitrogen and oxygen atoms in total. The molecule has 0 saturated heterocycles. The third-order valence-corrected chi connectivity index (χ3v) is 5.98. The highest BCUT2D eigenvalue weighted by Crippen LogP contribution is 2.39. The summed E-state index contributed by atoms with van der Waals surface area (Å²) in [6, 6.07) is 9.03. The maximum atomic E-state index is 13.2. The number of carbonyl (C=O) groups is 1. The van der Waals surface area contributed by atoms with Gasteiger partial charge in [0.15, 0.2) is 5.82 Å². The smallest absolute Gasteiger partial charge is 0.258 e. The van der Waals surface area contributed by atoms with E-state index < -0.39 is 0 Å². The van der Waals surface area contributed by atoms with Crippen molar-refractivity contribution in [3.63, 3.8) is 0 Å². The van der Waals surface area contributed by atoms with Gasteiger partial charge in [-0.3, -0.25) is 4.79 Å². The number of benzene rings is 1. The molecule has 3 heterocycles. The first kappa shape index (κ1) is 21.8. The number of nitrogens with two attached hydrogens (primary N) is 1. The van der Waals surface area contributed by atoms with E-state index in [2.05, 4.69) is 46.3 Å². The zero-order valence-electron chi connectivity index (χ0n) is 19.8. The molecule has 0 unspecified atom stereocenters. The summed E-state index contributed by atoms with van der Waals surface area (Å²) >= 11 is 0. The van der Waals surface area contributed by atoms with Crippen molar-refractivity contribution in [2.75, 3.05) is 11.1 Å². The van der Waals surface area contributed by atoms with Crippen molar-refractivity contribution >= 4 is 17.4 Å². The molecule has 5 rings (SSSR count). The topological polar surface area (TPSA) is 117 Å². The number of hydrogen-bond donors (Lipinski definition) is 2. The van der Waals surface area contributed by atoms with Gasteiger partial charge in [0, 0.05) is 23.3 Å². The van der Waals surface area contributed by atoms with Crippen LogP contribution in [0.2, 0.25) is 0 Å². The Morgan fingerprint density at radius 1 is 1.18 bits per heavy atom. The first-order valence-corrected chi connectivity index (χ1v) is 11.3. The standard InChI is InChI=1S/C25H28N8O/c1-15-10-18(26)17(11-21(15)32-12-20(27-13-32)16-8-9-16)24(34)30-22-7-5-6-19(29-22)23-31-28-14-33(23)25(2,3)4/h5-7,10-14,16H,8-9,26H2,1-4H3,(H,29,30,34). The first-order chi connectivity index (χ1) is 16.2. The van der Waals surface area contributed by atoms with Gasteiger partial charge in [0.25, 0.3) is 5.91 Å². The number of nitrogen functional groups attached to an aromatic ring is 1. The predicted octanol–water partition coefficient (Wildman–Crippen LogP) is 4.30. The molecular formula is C25H28N8O. The van der Waals surface area contributed by atoms with E-state index >= 15 is 0 Å². The second-order valence-electron chi connectivity index (χ2n) is 9.76. The maximum absolute atomic E-state index is 13.2. The highest BCUT2D eigenvalue weighted by molar-refractivity contribution is 6.08. The van der Waals surface area contributed by atoms with Gasteiger partial charge in [-0.05, 0) is 70.4 Å². The summed E-state index contributed by atoms with van der Waals surface area (Å²) in [6.45, 7) is 8.17. The number of carbonyl (C=O) groups excluding carboxylic acids is 1. The second-order valence-corrected chi connectivity index (χ2v) is 9.76. The Hall–Kier alpha value is -4.01. The third kappa shape index (κ3) is 4.16. The molecule has 1 saturated carbocycles. The van der Waals surface area contributed by atoms with E-state index in [0.29, 0.717) is 34.5 Å². The average Bonchev–Trinajstić information content (AvgIpc) is 3.29. The number of aryl methyl sites for hydroxylation is 1. The Balaban J connectivity index is 1.43. The lowest BCUT2D eigenvalue weighted by atomic mass is 10.1. The summed E-state index contributed by atoms with van der Waals surface area (Å²) in [6.07, 6.45) is 7.88. The van der Waals surface area contributed by atoms with Crippen LogP contribution in [0.25, 0.3) is 17.2 Å². The minimum atomic E-state index is -0.330. The zero-order chi connectivity index (χ0) is 24.0. The first-order valence-electron chi connectivity index (χ1n) is 11.3. The van der Waals surface area contributed by atoms with Crippen LogP contribution in [0.5, 0.6) is 0 Å². The maximum Gasteiger partial charge on any atom is 0.258 e. The molecule has 3 aromatic heterocycles. The van der Waals surface area contributed by atoms with Crippen molar-refractivity contribution in [2.24, 2.45) is 0 Å². The van der Waals surface area contributed by atoms with E-state index in [0.717, 1.165) is 16.9 Å². The number of nitrogens with one attached hydrogen (secondary N) is 1. The molecule has 34 heavy (non-hydrogen) atoms. The van der Waals surface area contributed by atoms with Crippen LogP contribution in [0.3, 0.4) is 0 Å². The van der Waals surface area contributed by atoms with Gasteiger partial charge in [-0.25, -0.2) is 9.97 Å². The van der Waals surface area contributed by atoms with Crippen LogP contribution >= 0.6 is 0 Å². The highest BCUT2D eigenvalue weighted by Gasteiger charge is 2.26. The van der Waals surface area contributed by atoms with Crippen LogP contribution < -0.4 is 11.1 Å². The molecule has 0 radical (unpaired) electrons. The van der Waals surface area contributed by atoms with E-state index in [9.17, 15) is 4.79 Å². The normalized spacial score (nSPS) is 13.8. The van der Waals surface area contributed by atoms with Crippen molar-refractivity contribution in [3.05, 3.63) is 66.0 Å². The average molecular weight is 457 g/mol. The van der Waals surface area contributed by atoms with Crippen molar-refractivity contribution < 1.29 is 4.79 Å². The van der Waals surface area contributed by atoms with Gasteiger partial charge in [0.2, 0.25) is 0 Å². The number of aromatic nitrogens is 6. The van der Waals surface area contributed by atoms with E-state index in [1.54, 1.807) is 24.8 Å². The van der Waals surface area contributed by atoms with Crippen molar-refractivity contribution in [1.29, 1.82) is 0 Å². The van der Waals surface area contributed by atoms with E-state index in [1.165, 1.54) is 12.8 Å². The summed E-state index contributed by atoms with van der Waals surface area (Å²) in [7, 11) is 0. The lowest BCUT2D eigenvalue weighted by Crippen LogP contribution is -2.22. The van der Waals surface area contributed by atoms with Crippen LogP contribution in [0.15, 0.2) is 49.2 Å². The summed E-state index contributed by atoms with van der Waals surface area (Å²) in [5.41, 5.74) is 10.4. The monoisotopic (exact) mass is 456 g/mol. The SMILES string of the molecule is Cc1cc(N)c(C(=O)Nc2cccc(-c3nncn3C(C)(C)C)n2)cc1-n1cnc(C2CC2)c1. The summed E-state index contributed by atoms with van der Waals surface area (Å²) in [5, 5.41) is 11.1. The molecule has 1 aromatic carbocycles. The van der Waals surface area contributed by atoms with Gasteiger partial charge < -0.3 is 20.2 Å². The Kier molecular flexibility index (Phi) is 5.19. The Morgan fingerprint density at radius 3 is 2.71 bits per heavy atom. The predicted molar refractivity (Wildman–Crippen MR) is 131 cm³/mol. The molecule has 9 heteroatoms. The quantitative estimate of drug-likeness (QED) is 0.433. The molecule has 1 aliphatic rings. The van der Waals surface area contributed by atoms with Gasteiger partial charge >= 0.3 is 0 Å². The van der Waals surface area contributed by atoms with Gasteiger partial charge in [-0.1, -0.05) is 6.07 Å². The van der Waals surface area contributed by atoms with Gasteiger partial charge in [0.1, 0.15) is 17.8 Å². The van der Waals surface area contributed by atoms with E-state index in [4.69, 9.17) is 5.73 Å². The third-order valence-electron chi connectivity index (χ3n) is 5.98. The fourth-order valence-electron chi connectivity index (χ4n) is 3.97. The number of imidazole rings is 1. The van der Waals surface area contributed by atoms with Crippen LogP contribution in [-0.4, -0.2) is 35.2 Å². The Labute approximate surface area is 198 Å². The molecule has 3 N–H and O–H groups in total. The number of amides is 1. The number of hydrogen-bond acceptors (Lipinski definition) is 6. The highest BCUT2D eigenvalue weighted by atomic mass is 16.1. The molecule has 0 atom stereocenters. The largest absolute Gasteiger partial charge is 0.398 e. The lowest BCUT2D eigenvalue weighted by molar-refractivity contribution is 0.102. The van der Waals surface area contributed by atoms with Gasteiger partial charge in [0.05, 0.1) is 23.3 Å². The molecule has 174 valence electrons. The minimum Gasteiger partial charge on any atom is -0.398 e. The number of rotatable bonds is 5. The second kappa shape index (κ2) is 8.09. The molecule has 0 aliphatic heterocycles. The van der Waals surface area contributed by atoms with Gasteiger partial charge in [-0.15, -0.1) is 10.2 Å². The van der Waals surface area contributed by atoms with Crippen molar-refractivity contribution in [1.82, 2.24) is 29.3 Å². The van der Waals surface area contributed by atoms with Crippen LogP contribution in [-0.2, 0) is 5.54 Å². The van der Waals surface area contributed by atoms with Crippen LogP contribution in [0.1, 0.15) is 61.1 Å². The molecule has 1 amide bonds. The van der Waals surface area contributed by atoms with Gasteiger partial charge in [-0.2, -0.15) is 0 Å². The van der Waals surface area contributed by atoms with E-state index in [-0.39, 0.29) is 11.4 Å². The number of nitrogens with zero attached hydrogens (tertiary/aromatic N) is 6. The lowest BCUT2D eigenvalue weighted by Gasteiger charge is -2.22. The fraction of sp³-hybridized carbons (Fsp3) is 0.320.